The minimum absolute atomic E-state index is 0.0136. The van der Waals surface area contributed by atoms with Crippen molar-refractivity contribution in [2.45, 2.75) is 44.3 Å². The molecular formula is C23H28F3N5O2. The van der Waals surface area contributed by atoms with Gasteiger partial charge in [0.25, 0.3) is 0 Å². The normalized spacial score (nSPS) is 19.4. The highest BCUT2D eigenvalue weighted by Gasteiger charge is 2.42. The number of nitrogens with zero attached hydrogens (tertiary/aromatic N) is 2. The number of hydrogen-bond donors (Lipinski definition) is 4. The first-order valence-electron chi connectivity index (χ1n) is 11.0. The Morgan fingerprint density at radius 1 is 1.30 bits per heavy atom. The van der Waals surface area contributed by atoms with Gasteiger partial charge in [0.15, 0.2) is 0 Å². The molecular weight excluding hydrogens is 435 g/mol. The molecule has 2 fully saturated rings. The Balaban J connectivity index is 1.48. The molecule has 1 aliphatic carbocycles. The lowest BCUT2D eigenvalue weighted by atomic mass is 10.00. The first kappa shape index (κ1) is 23.2. The number of nitrogens with one attached hydrogen (secondary N) is 2. The number of pyridine rings is 1. The smallest absolute Gasteiger partial charge is 0.389 e. The lowest BCUT2D eigenvalue weighted by Gasteiger charge is -2.19. The maximum absolute atomic E-state index is 12.6. The molecule has 178 valence electrons. The molecule has 5 N–H and O–H groups in total. The van der Waals surface area contributed by atoms with E-state index < -0.39 is 24.5 Å². The Hall–Kier alpha value is -3.01. The van der Waals surface area contributed by atoms with E-state index in [-0.39, 0.29) is 18.7 Å². The zero-order valence-corrected chi connectivity index (χ0v) is 18.4. The van der Waals surface area contributed by atoms with Crippen molar-refractivity contribution in [3.05, 3.63) is 35.9 Å². The van der Waals surface area contributed by atoms with Crippen LogP contribution >= 0.6 is 0 Å². The Kier molecular flexibility index (Phi) is 6.13. The molecule has 2 aliphatic rings. The molecule has 2 aromatic rings. The van der Waals surface area contributed by atoms with Crippen LogP contribution in [0.2, 0.25) is 0 Å². The number of carbonyl (C=O) groups is 1. The van der Waals surface area contributed by atoms with E-state index in [1.807, 2.05) is 25.1 Å². The monoisotopic (exact) mass is 463 g/mol. The molecule has 2 amide bonds. The molecule has 1 saturated carbocycles. The number of likely N-dealkylation sites (tertiary alicyclic amines) is 1. The van der Waals surface area contributed by atoms with Crippen molar-refractivity contribution in [2.24, 2.45) is 5.92 Å². The lowest BCUT2D eigenvalue weighted by Crippen LogP contribution is -2.33. The predicted octanol–water partition coefficient (Wildman–Crippen LogP) is 4.38. The summed E-state index contributed by atoms with van der Waals surface area (Å²) in [7, 11) is 0. The summed E-state index contributed by atoms with van der Waals surface area (Å²) in [5, 5.41) is 15.6. The number of nitrogens with two attached hydrogens (primary N) is 1. The second kappa shape index (κ2) is 8.74. The van der Waals surface area contributed by atoms with Crippen molar-refractivity contribution in [2.75, 3.05) is 36.1 Å². The maximum Gasteiger partial charge on any atom is 0.389 e. The molecule has 0 bridgehead atoms. The topological polar surface area (TPSA) is 104 Å². The van der Waals surface area contributed by atoms with Gasteiger partial charge in [-0.3, -0.25) is 0 Å². The highest BCUT2D eigenvalue weighted by Crippen LogP contribution is 2.39. The van der Waals surface area contributed by atoms with Crippen LogP contribution in [0.5, 0.6) is 0 Å². The van der Waals surface area contributed by atoms with E-state index in [4.69, 9.17) is 5.73 Å². The van der Waals surface area contributed by atoms with Crippen LogP contribution in [0.1, 0.15) is 31.2 Å². The first-order chi connectivity index (χ1) is 15.6. The standard InChI is InChI=1S/C23H28F3N5O2/c1-14-2-3-17(28-21(33)31-7-4-15(12-31)11-23(24,25)26)10-18(14)16-8-19(27)29-20(9-16)30-22(13-32)5-6-22/h2-3,8-10,15,32H,4-7,11-13H2,1H3,(H,28,33)(H3,27,29,30)/t15-/m0/s1. The van der Waals surface area contributed by atoms with Crippen LogP contribution in [0.4, 0.5) is 35.3 Å². The molecule has 1 aromatic carbocycles. The van der Waals surface area contributed by atoms with Crippen molar-refractivity contribution < 1.29 is 23.1 Å². The molecule has 1 saturated heterocycles. The molecule has 0 spiro atoms. The van der Waals surface area contributed by atoms with E-state index in [0.717, 1.165) is 29.5 Å². The molecule has 1 atom stereocenters. The van der Waals surface area contributed by atoms with E-state index in [1.165, 1.54) is 4.90 Å². The third-order valence-electron chi connectivity index (χ3n) is 6.29. The Bertz CT molecular complexity index is 1040. The van der Waals surface area contributed by atoms with Crippen LogP contribution in [0.15, 0.2) is 30.3 Å². The second-order valence-corrected chi connectivity index (χ2v) is 9.11. The number of alkyl halides is 3. The number of aliphatic hydroxyl groups is 1. The zero-order chi connectivity index (χ0) is 23.8. The van der Waals surface area contributed by atoms with Gasteiger partial charge in [0.2, 0.25) is 0 Å². The van der Waals surface area contributed by atoms with Gasteiger partial charge in [-0.1, -0.05) is 6.07 Å². The summed E-state index contributed by atoms with van der Waals surface area (Å²) >= 11 is 0. The van der Waals surface area contributed by atoms with Crippen molar-refractivity contribution >= 4 is 23.4 Å². The fraction of sp³-hybridized carbons (Fsp3) is 0.478. The fourth-order valence-corrected chi connectivity index (χ4v) is 4.24. The summed E-state index contributed by atoms with van der Waals surface area (Å²) in [4.78, 5) is 18.4. The molecule has 1 aliphatic heterocycles. The zero-order valence-electron chi connectivity index (χ0n) is 18.4. The average Bonchev–Trinajstić information content (AvgIpc) is 3.35. The minimum atomic E-state index is -4.22. The number of urea groups is 1. The summed E-state index contributed by atoms with van der Waals surface area (Å²) in [6.45, 7) is 2.34. The van der Waals surface area contributed by atoms with Crippen molar-refractivity contribution in [3.8, 4) is 11.1 Å². The van der Waals surface area contributed by atoms with Crippen LogP contribution in [0.3, 0.4) is 0 Å². The van der Waals surface area contributed by atoms with Crippen molar-refractivity contribution in [1.82, 2.24) is 9.88 Å². The van der Waals surface area contributed by atoms with Gasteiger partial charge in [-0.25, -0.2) is 9.78 Å². The number of benzene rings is 1. The first-order valence-corrected chi connectivity index (χ1v) is 11.0. The number of aromatic nitrogens is 1. The molecule has 7 nitrogen and oxygen atoms in total. The number of rotatable bonds is 6. The number of amides is 2. The molecule has 33 heavy (non-hydrogen) atoms. The van der Waals surface area contributed by atoms with Gasteiger partial charge in [0.05, 0.1) is 12.1 Å². The molecule has 0 unspecified atom stereocenters. The number of hydrogen-bond acceptors (Lipinski definition) is 5. The number of carbonyl (C=O) groups excluding carboxylic acids is 1. The number of nitrogen functional groups attached to an aromatic ring is 1. The van der Waals surface area contributed by atoms with Gasteiger partial charge >= 0.3 is 12.2 Å². The number of halogens is 3. The number of aryl methyl sites for hydroxylation is 1. The van der Waals surface area contributed by atoms with Crippen LogP contribution in [0.25, 0.3) is 11.1 Å². The second-order valence-electron chi connectivity index (χ2n) is 9.11. The summed E-state index contributed by atoms with van der Waals surface area (Å²) in [6, 6.07) is 8.61. The largest absolute Gasteiger partial charge is 0.394 e. The summed E-state index contributed by atoms with van der Waals surface area (Å²) < 4.78 is 37.9. The molecule has 2 heterocycles. The van der Waals surface area contributed by atoms with E-state index in [0.29, 0.717) is 30.3 Å². The molecule has 4 rings (SSSR count). The maximum atomic E-state index is 12.6. The van der Waals surface area contributed by atoms with Gasteiger partial charge in [-0.2, -0.15) is 13.2 Å². The van der Waals surface area contributed by atoms with Crippen molar-refractivity contribution in [3.63, 3.8) is 0 Å². The Morgan fingerprint density at radius 2 is 2.06 bits per heavy atom. The van der Waals surface area contributed by atoms with Crippen molar-refractivity contribution in [1.29, 1.82) is 0 Å². The fourth-order valence-electron chi connectivity index (χ4n) is 4.24. The van der Waals surface area contributed by atoms with Gasteiger partial charge in [-0.15, -0.1) is 0 Å². The van der Waals surface area contributed by atoms with E-state index in [1.54, 1.807) is 12.1 Å². The summed E-state index contributed by atoms with van der Waals surface area (Å²) in [5.74, 6) is 0.326. The SMILES string of the molecule is Cc1ccc(NC(=O)N2CC[C@@H](CC(F)(F)F)C2)cc1-c1cc(N)nc(NC2(CO)CC2)c1. The summed E-state index contributed by atoms with van der Waals surface area (Å²) in [5.41, 5.74) is 8.82. The molecule has 10 heteroatoms. The van der Waals surface area contributed by atoms with Crippen LogP contribution in [-0.4, -0.2) is 52.4 Å². The Morgan fingerprint density at radius 3 is 2.73 bits per heavy atom. The quantitative estimate of drug-likeness (QED) is 0.509. The molecule has 1 aromatic heterocycles. The van der Waals surface area contributed by atoms with E-state index in [2.05, 4.69) is 15.6 Å². The third-order valence-corrected chi connectivity index (χ3v) is 6.29. The van der Waals surface area contributed by atoms with Crippen LogP contribution < -0.4 is 16.4 Å². The Labute approximate surface area is 190 Å². The van der Waals surface area contributed by atoms with Gasteiger partial charge in [0, 0.05) is 25.2 Å². The van der Waals surface area contributed by atoms with Gasteiger partial charge < -0.3 is 26.4 Å². The van der Waals surface area contributed by atoms with Gasteiger partial charge in [0.1, 0.15) is 11.6 Å². The average molecular weight is 464 g/mol. The van der Waals surface area contributed by atoms with Crippen LogP contribution in [0, 0.1) is 12.8 Å². The summed E-state index contributed by atoms with van der Waals surface area (Å²) in [6.07, 6.45) is -3.04. The predicted molar refractivity (Wildman–Crippen MR) is 121 cm³/mol. The number of anilines is 3. The van der Waals surface area contributed by atoms with Gasteiger partial charge in [-0.05, 0) is 73.1 Å². The molecule has 0 radical (unpaired) electrons. The van der Waals surface area contributed by atoms with Crippen LogP contribution in [-0.2, 0) is 0 Å². The van der Waals surface area contributed by atoms with E-state index >= 15 is 0 Å². The number of aliphatic hydroxyl groups excluding tert-OH is 1. The highest BCUT2D eigenvalue weighted by atomic mass is 19.4. The van der Waals surface area contributed by atoms with E-state index in [9.17, 15) is 23.1 Å². The third kappa shape index (κ3) is 5.68. The lowest BCUT2D eigenvalue weighted by molar-refractivity contribution is -0.143. The highest BCUT2D eigenvalue weighted by molar-refractivity contribution is 5.91. The minimum Gasteiger partial charge on any atom is -0.394 e.